The Morgan fingerprint density at radius 2 is 1.14 bits per heavy atom. The van der Waals surface area contributed by atoms with Crippen molar-refractivity contribution in [1.29, 1.82) is 0 Å². The molecule has 0 aromatic rings. The molecule has 2 heterocycles. The summed E-state index contributed by atoms with van der Waals surface area (Å²) in [6.45, 7) is 10.5. The van der Waals surface area contributed by atoms with Gasteiger partial charge in [-0.25, -0.2) is 19.3 Å². The van der Waals surface area contributed by atoms with Gasteiger partial charge in [0.25, 0.3) is 30.1 Å². The van der Waals surface area contributed by atoms with Crippen molar-refractivity contribution >= 4 is 60.1 Å². The molecule has 0 spiro atoms. The smallest absolute Gasteiger partial charge is 0.662 e. The summed E-state index contributed by atoms with van der Waals surface area (Å²) in [6, 6.07) is -2.58. The van der Waals surface area contributed by atoms with Crippen LogP contribution >= 0.6 is 0 Å². The fraction of sp³-hybridized carbons (Fsp3) is 0.481. The van der Waals surface area contributed by atoms with Crippen molar-refractivity contribution in [3.05, 3.63) is 24.3 Å². The maximum absolute atomic E-state index is 11.4. The van der Waals surface area contributed by atoms with Gasteiger partial charge >= 0.3 is 53.7 Å². The van der Waals surface area contributed by atoms with Gasteiger partial charge in [-0.2, -0.15) is 0 Å². The summed E-state index contributed by atoms with van der Waals surface area (Å²) >= 11 is 0. The van der Waals surface area contributed by atoms with Crippen LogP contribution in [0.4, 0.5) is 9.59 Å². The number of nitrogens with zero attached hydrogens (tertiary/aromatic N) is 2. The summed E-state index contributed by atoms with van der Waals surface area (Å²) in [5.41, 5.74) is 3.83. The third-order valence-corrected chi connectivity index (χ3v) is 4.62. The van der Waals surface area contributed by atoms with E-state index in [1.54, 1.807) is 41.5 Å². The van der Waals surface area contributed by atoms with Crippen molar-refractivity contribution in [2.75, 3.05) is 13.1 Å². The van der Waals surface area contributed by atoms with Crippen LogP contribution in [0.1, 0.15) is 48.5 Å². The predicted octanol–water partition coefficient (Wildman–Crippen LogP) is -5.29. The number of ether oxygens (including phenoxy) is 2. The second-order valence-corrected chi connectivity index (χ2v) is 11.0. The average molecular weight is 712 g/mol. The summed E-state index contributed by atoms with van der Waals surface area (Å²) in [6.07, 6.45) is 2.61. The Morgan fingerprint density at radius 1 is 0.796 bits per heavy atom. The van der Waals surface area contributed by atoms with Gasteiger partial charge in [-0.05, 0) is 41.5 Å². The molecular formula is C27H38N5NaO16. The molecule has 0 fully saturated rings. The van der Waals surface area contributed by atoms with E-state index in [2.05, 4.69) is 15.5 Å². The van der Waals surface area contributed by atoms with Crippen LogP contribution in [-0.4, -0.2) is 117 Å². The van der Waals surface area contributed by atoms with E-state index in [4.69, 9.17) is 35.5 Å². The first kappa shape index (κ1) is 48.7. The molecule has 0 aromatic heterocycles. The molecule has 21 nitrogen and oxygen atoms in total. The van der Waals surface area contributed by atoms with E-state index in [1.807, 2.05) is 0 Å². The minimum absolute atomic E-state index is 0. The van der Waals surface area contributed by atoms with Crippen molar-refractivity contribution in [2.24, 2.45) is 5.73 Å². The SMILES string of the molecule is CC(=O)N1C(=O)C=CC1=O.CC(C)(C)OC(=O)NC[C@@H](C(=O)O)N1C(=O)C=CC1=O.CC(C)(C)OC(=O)NC[C@H](N)C(=O)O.O=CO[O-].[Na+]. The van der Waals surface area contributed by atoms with E-state index >= 15 is 0 Å². The van der Waals surface area contributed by atoms with Gasteiger partial charge in [0.15, 0.2) is 6.04 Å². The zero-order valence-corrected chi connectivity index (χ0v) is 30.0. The summed E-state index contributed by atoms with van der Waals surface area (Å²) in [7, 11) is 0. The van der Waals surface area contributed by atoms with Gasteiger partial charge in [0.05, 0.1) is 6.54 Å². The molecule has 2 atom stereocenters. The first-order valence-electron chi connectivity index (χ1n) is 13.4. The molecule has 0 saturated heterocycles. The van der Waals surface area contributed by atoms with Gasteiger partial charge in [0.1, 0.15) is 17.2 Å². The van der Waals surface area contributed by atoms with Crippen LogP contribution in [0.5, 0.6) is 0 Å². The molecule has 2 rings (SSSR count). The molecule has 0 saturated carbocycles. The van der Waals surface area contributed by atoms with Gasteiger partial charge < -0.3 is 46.2 Å². The Morgan fingerprint density at radius 3 is 1.41 bits per heavy atom. The number of rotatable bonds is 8. The molecular weight excluding hydrogens is 673 g/mol. The van der Waals surface area contributed by atoms with Crippen LogP contribution in [0.3, 0.4) is 0 Å². The van der Waals surface area contributed by atoms with Crippen LogP contribution in [0.2, 0.25) is 0 Å². The van der Waals surface area contributed by atoms with Gasteiger partial charge in [-0.1, -0.05) is 0 Å². The average Bonchev–Trinajstić information content (AvgIpc) is 3.45. The van der Waals surface area contributed by atoms with Crippen LogP contribution < -0.4 is 51.2 Å². The number of carboxylic acid groups (broad SMARTS) is 2. The van der Waals surface area contributed by atoms with Crippen LogP contribution in [0, 0.1) is 0 Å². The van der Waals surface area contributed by atoms with Crippen LogP contribution in [0.25, 0.3) is 0 Å². The molecule has 268 valence electrons. The van der Waals surface area contributed by atoms with E-state index in [0.29, 0.717) is 9.80 Å². The normalized spacial score (nSPS) is 14.2. The molecule has 2 aliphatic rings. The maximum Gasteiger partial charge on any atom is 1.00 e. The minimum Gasteiger partial charge on any atom is -0.662 e. The monoisotopic (exact) mass is 711 g/mol. The summed E-state index contributed by atoms with van der Waals surface area (Å²) in [5, 5.41) is 30.4. The summed E-state index contributed by atoms with van der Waals surface area (Å²) < 4.78 is 9.81. The molecule has 0 unspecified atom stereocenters. The molecule has 0 radical (unpaired) electrons. The van der Waals surface area contributed by atoms with Gasteiger partial charge in [0.2, 0.25) is 5.91 Å². The third kappa shape index (κ3) is 21.7. The second-order valence-electron chi connectivity index (χ2n) is 11.0. The fourth-order valence-corrected chi connectivity index (χ4v) is 2.81. The van der Waals surface area contributed by atoms with Crippen molar-refractivity contribution in [1.82, 2.24) is 20.4 Å². The van der Waals surface area contributed by atoms with Gasteiger partial charge in [0, 0.05) is 37.8 Å². The first-order valence-corrected chi connectivity index (χ1v) is 13.4. The molecule has 0 bridgehead atoms. The maximum atomic E-state index is 11.4. The third-order valence-electron chi connectivity index (χ3n) is 4.62. The summed E-state index contributed by atoms with van der Waals surface area (Å²) in [4.78, 5) is 111. The number of nitrogens with two attached hydrogens (primary N) is 1. The van der Waals surface area contributed by atoms with E-state index < -0.39 is 83.5 Å². The van der Waals surface area contributed by atoms with Crippen molar-refractivity contribution in [2.45, 2.75) is 71.8 Å². The number of alkyl carbamates (subject to hydrolysis) is 2. The van der Waals surface area contributed by atoms with E-state index in [9.17, 15) is 43.2 Å². The number of hydrogen-bond acceptors (Lipinski definition) is 15. The van der Waals surface area contributed by atoms with Gasteiger partial charge in [-0.3, -0.25) is 38.5 Å². The first-order chi connectivity index (χ1) is 21.9. The topological polar surface area (TPSA) is 318 Å². The minimum atomic E-state index is -1.47. The quantitative estimate of drug-likeness (QED) is 0.0516. The molecule has 2 aliphatic heterocycles. The Hall–Kier alpha value is -4.70. The molecule has 7 amide bonds. The molecule has 0 aromatic carbocycles. The Labute approximate surface area is 301 Å². The zero-order chi connectivity index (χ0) is 38.0. The predicted molar refractivity (Wildman–Crippen MR) is 155 cm³/mol. The number of carbonyl (C=O) groups excluding carboxylic acids is 8. The van der Waals surface area contributed by atoms with Crippen molar-refractivity contribution < 1.29 is 107 Å². The van der Waals surface area contributed by atoms with Crippen molar-refractivity contribution in [3.63, 3.8) is 0 Å². The standard InChI is InChI=1S/C12H16N2O6.C8H16N2O4.C6H5NO3.CH2O3.Na/c1-12(2,3)20-11(19)13-6-7(10(17)18)14-8(15)4-5-9(14)16;1-8(2,3)14-7(13)10-4-5(9)6(11)12;1-4(8)7-5(9)2-3-6(7)10;2-1-4-3;/h4-5,7H,6H2,1-3H3,(H,13,19)(H,17,18);5H,4,9H2,1-3H3,(H,10,13)(H,11,12);2-3H,1H3;1,3H;/q;;;;+1/p-1/t7-;5-;;;/m00.../s1. The van der Waals surface area contributed by atoms with Crippen molar-refractivity contribution in [3.8, 4) is 0 Å². The number of carbonyl (C=O) groups is 10. The number of nitrogens with one attached hydrogen (secondary N) is 2. The van der Waals surface area contributed by atoms with E-state index in [1.165, 1.54) is 6.92 Å². The zero-order valence-electron chi connectivity index (χ0n) is 28.0. The van der Waals surface area contributed by atoms with Gasteiger partial charge in [-0.15, -0.1) is 0 Å². The number of hydrogen-bond donors (Lipinski definition) is 5. The summed E-state index contributed by atoms with van der Waals surface area (Å²) in [5.74, 6) is -5.68. The van der Waals surface area contributed by atoms with Crippen LogP contribution in [0.15, 0.2) is 24.3 Å². The van der Waals surface area contributed by atoms with E-state index in [0.717, 1.165) is 24.3 Å². The Bertz CT molecular complexity index is 1270. The molecule has 22 heteroatoms. The largest absolute Gasteiger partial charge is 1.00 e. The number of amides is 7. The number of aliphatic carboxylic acids is 2. The molecule has 49 heavy (non-hydrogen) atoms. The second kappa shape index (κ2) is 22.8. The van der Waals surface area contributed by atoms with Crippen LogP contribution in [-0.2, 0) is 52.7 Å². The van der Waals surface area contributed by atoms with E-state index in [-0.39, 0.29) is 42.6 Å². The Kier molecular flexibility index (Phi) is 22.7. The fourth-order valence-electron chi connectivity index (χ4n) is 2.81. The molecule has 6 N–H and O–H groups in total. The Balaban J connectivity index is -0.000000637. The number of imide groups is 4. The molecule has 0 aliphatic carbocycles. The number of carboxylic acids is 2.